The van der Waals surface area contributed by atoms with Gasteiger partial charge in [0.05, 0.1) is 29.3 Å². The summed E-state index contributed by atoms with van der Waals surface area (Å²) in [7, 11) is 0. The number of benzene rings is 6. The highest BCUT2D eigenvalue weighted by Crippen LogP contribution is 2.47. The lowest BCUT2D eigenvalue weighted by atomic mass is 9.91. The van der Waals surface area contributed by atoms with Gasteiger partial charge in [0.1, 0.15) is 0 Å². The van der Waals surface area contributed by atoms with Crippen LogP contribution in [0.15, 0.2) is 158 Å². The van der Waals surface area contributed by atoms with E-state index in [1.807, 2.05) is 42.5 Å². The highest BCUT2D eigenvalue weighted by molar-refractivity contribution is 6.08. The molecule has 4 heteroatoms. The van der Waals surface area contributed by atoms with Crippen LogP contribution in [-0.2, 0) is 6.54 Å². The number of allylic oxidation sites excluding steroid dienone is 2. The topological polar surface area (TPSA) is 55.8 Å². The summed E-state index contributed by atoms with van der Waals surface area (Å²) in [5.41, 5.74) is 12.5. The number of aromatic nitrogens is 1. The first-order valence-corrected chi connectivity index (χ1v) is 16.6. The molecular weight excluding hydrogens is 597 g/mol. The fourth-order valence-corrected chi connectivity index (χ4v) is 7.89. The van der Waals surface area contributed by atoms with Gasteiger partial charge in [0.25, 0.3) is 0 Å². The summed E-state index contributed by atoms with van der Waals surface area (Å²) in [4.78, 5) is 2.45. The van der Waals surface area contributed by atoms with Crippen molar-refractivity contribution in [2.75, 3.05) is 4.90 Å². The molecule has 6 aromatic carbocycles. The molecule has 2 atom stereocenters. The van der Waals surface area contributed by atoms with Crippen LogP contribution in [0, 0.1) is 22.7 Å². The zero-order chi connectivity index (χ0) is 32.9. The molecule has 2 heterocycles. The fourth-order valence-electron chi connectivity index (χ4n) is 7.89. The van der Waals surface area contributed by atoms with Crippen LogP contribution in [-0.4, -0.2) is 10.6 Å². The van der Waals surface area contributed by atoms with Crippen molar-refractivity contribution in [1.29, 1.82) is 10.5 Å². The Kier molecular flexibility index (Phi) is 6.75. The molecule has 7 aromatic rings. The molecule has 0 amide bonds. The summed E-state index contributed by atoms with van der Waals surface area (Å²) in [6, 6.07) is 51.3. The molecule has 0 fully saturated rings. The average Bonchev–Trinajstić information content (AvgIpc) is 3.67. The van der Waals surface area contributed by atoms with Gasteiger partial charge in [-0.25, -0.2) is 0 Å². The first-order valence-electron chi connectivity index (χ1n) is 16.6. The van der Waals surface area contributed by atoms with E-state index in [0.717, 1.165) is 49.6 Å². The van der Waals surface area contributed by atoms with E-state index >= 15 is 0 Å². The lowest BCUT2D eigenvalue weighted by Gasteiger charge is -2.28. The second-order valence-corrected chi connectivity index (χ2v) is 12.7. The Morgan fingerprint density at radius 2 is 1.37 bits per heavy atom. The molecule has 0 radical (unpaired) electrons. The Morgan fingerprint density at radius 1 is 0.592 bits per heavy atom. The molecule has 1 aliphatic heterocycles. The van der Waals surface area contributed by atoms with Gasteiger partial charge in [-0.3, -0.25) is 0 Å². The van der Waals surface area contributed by atoms with Crippen LogP contribution in [0.5, 0.6) is 0 Å². The summed E-state index contributed by atoms with van der Waals surface area (Å²) >= 11 is 0. The van der Waals surface area contributed by atoms with E-state index in [-0.39, 0.29) is 6.04 Å². The summed E-state index contributed by atoms with van der Waals surface area (Å²) in [5, 5.41) is 22.1. The Labute approximate surface area is 285 Å². The smallest absolute Gasteiger partial charge is 0.0998 e. The van der Waals surface area contributed by atoms with Gasteiger partial charge in [-0.15, -0.1) is 0 Å². The van der Waals surface area contributed by atoms with E-state index in [9.17, 15) is 10.5 Å². The van der Waals surface area contributed by atoms with Crippen molar-refractivity contribution in [1.82, 2.24) is 4.57 Å². The monoisotopic (exact) mass is 626 g/mol. The summed E-state index contributed by atoms with van der Waals surface area (Å²) in [5.74, 6) is 0.351. The lowest BCUT2D eigenvalue weighted by molar-refractivity contribution is 0.745. The molecule has 0 spiro atoms. The second kappa shape index (κ2) is 11.6. The van der Waals surface area contributed by atoms with Gasteiger partial charge < -0.3 is 9.47 Å². The van der Waals surface area contributed by atoms with E-state index in [1.54, 1.807) is 0 Å². The number of nitrogens with zero attached hydrogens (tertiary/aromatic N) is 4. The van der Waals surface area contributed by atoms with Crippen LogP contribution in [0.25, 0.3) is 44.1 Å². The van der Waals surface area contributed by atoms with E-state index in [1.165, 1.54) is 16.9 Å². The predicted octanol–water partition coefficient (Wildman–Crippen LogP) is 10.7. The van der Waals surface area contributed by atoms with E-state index < -0.39 is 0 Å². The van der Waals surface area contributed by atoms with Gasteiger partial charge in [0.2, 0.25) is 0 Å². The minimum absolute atomic E-state index is 0.264. The maximum absolute atomic E-state index is 10.3. The van der Waals surface area contributed by atoms with Crippen molar-refractivity contribution in [2.24, 2.45) is 0 Å². The quantitative estimate of drug-likeness (QED) is 0.191. The maximum atomic E-state index is 10.3. The van der Waals surface area contributed by atoms with Crippen molar-refractivity contribution in [3.63, 3.8) is 0 Å². The van der Waals surface area contributed by atoms with Crippen LogP contribution in [0.1, 0.15) is 28.2 Å². The number of hydrogen-bond acceptors (Lipinski definition) is 3. The number of nitriles is 2. The van der Waals surface area contributed by atoms with Crippen molar-refractivity contribution in [2.45, 2.75) is 18.5 Å². The zero-order valence-electron chi connectivity index (χ0n) is 26.7. The normalized spacial score (nSPS) is 16.0. The first kappa shape index (κ1) is 28.6. The Morgan fingerprint density at radius 3 is 2.24 bits per heavy atom. The number of anilines is 2. The van der Waals surface area contributed by atoms with Crippen LogP contribution in [0.2, 0.25) is 0 Å². The molecule has 230 valence electrons. The van der Waals surface area contributed by atoms with Gasteiger partial charge in [0.15, 0.2) is 0 Å². The number of hydrogen-bond donors (Lipinski definition) is 0. The zero-order valence-corrected chi connectivity index (χ0v) is 26.7. The van der Waals surface area contributed by atoms with Crippen molar-refractivity contribution in [3.05, 3.63) is 180 Å². The molecule has 0 saturated heterocycles. The van der Waals surface area contributed by atoms with Crippen LogP contribution >= 0.6 is 0 Å². The SMILES string of the molecule is N#Cc1ccc2c(c1)c1ccccc1n2Cc1cccc(C#N)c1-c1cccc(-c2ccc(N3c4ccccc4C4C=CC=CC43)cc2)c1. The largest absolute Gasteiger partial charge is 0.336 e. The third kappa shape index (κ3) is 4.66. The average molecular weight is 627 g/mol. The van der Waals surface area contributed by atoms with Crippen molar-refractivity contribution < 1.29 is 0 Å². The molecule has 1 aliphatic carbocycles. The van der Waals surface area contributed by atoms with Crippen LogP contribution in [0.4, 0.5) is 11.4 Å². The summed E-state index contributed by atoms with van der Waals surface area (Å²) in [6.45, 7) is 0.586. The van der Waals surface area contributed by atoms with Gasteiger partial charge >= 0.3 is 0 Å². The third-order valence-electron chi connectivity index (χ3n) is 10.1. The Hall–Kier alpha value is -6.62. The number of para-hydroxylation sites is 2. The van der Waals surface area contributed by atoms with Crippen LogP contribution in [0.3, 0.4) is 0 Å². The Balaban J connectivity index is 1.09. The molecule has 2 aliphatic rings. The predicted molar refractivity (Wildman–Crippen MR) is 199 cm³/mol. The Bertz CT molecular complexity index is 2570. The number of fused-ring (bicyclic) bond motifs is 6. The van der Waals surface area contributed by atoms with Crippen LogP contribution < -0.4 is 4.90 Å². The third-order valence-corrected chi connectivity index (χ3v) is 10.1. The fraction of sp³-hybridized carbons (Fsp3) is 0.0667. The molecule has 49 heavy (non-hydrogen) atoms. The molecule has 2 unspecified atom stereocenters. The lowest BCUT2D eigenvalue weighted by Crippen LogP contribution is -2.28. The first-order chi connectivity index (χ1) is 24.2. The molecule has 0 bridgehead atoms. The highest BCUT2D eigenvalue weighted by Gasteiger charge is 2.36. The molecular formula is C45H30N4. The van der Waals surface area contributed by atoms with Gasteiger partial charge in [-0.2, -0.15) is 10.5 Å². The molecule has 4 nitrogen and oxygen atoms in total. The van der Waals surface area contributed by atoms with Gasteiger partial charge in [-0.1, -0.05) is 103 Å². The van der Waals surface area contributed by atoms with E-state index in [0.29, 0.717) is 23.6 Å². The van der Waals surface area contributed by atoms with E-state index in [4.69, 9.17) is 0 Å². The molecule has 0 saturated carbocycles. The minimum atomic E-state index is 0.264. The second-order valence-electron chi connectivity index (χ2n) is 12.7. The van der Waals surface area contributed by atoms with E-state index in [2.05, 4.69) is 137 Å². The van der Waals surface area contributed by atoms with Gasteiger partial charge in [-0.05, 0) is 82.4 Å². The highest BCUT2D eigenvalue weighted by atomic mass is 15.2. The molecule has 1 aromatic heterocycles. The number of rotatable bonds is 5. The summed E-state index contributed by atoms with van der Waals surface area (Å²) < 4.78 is 2.30. The van der Waals surface area contributed by atoms with Gasteiger partial charge in [0, 0.05) is 51.2 Å². The standard InChI is InChI=1S/C45H30N4/c46-27-30-19-24-42-40(25-30)39-15-1-4-16-41(39)48(42)29-35-12-8-11-34(28-47)45(35)33-10-7-9-32(26-33)31-20-22-36(23-21-31)49-43-17-5-2-13-37(43)38-14-3-6-18-44(38)49/h1-26,37,43H,29H2. The molecule has 9 rings (SSSR count). The maximum Gasteiger partial charge on any atom is 0.0998 e. The molecule has 0 N–H and O–H groups in total. The van der Waals surface area contributed by atoms with Crippen molar-refractivity contribution >= 4 is 33.2 Å². The summed E-state index contributed by atoms with van der Waals surface area (Å²) in [6.07, 6.45) is 8.92. The van der Waals surface area contributed by atoms with Crippen molar-refractivity contribution in [3.8, 4) is 34.4 Å². The minimum Gasteiger partial charge on any atom is -0.336 e.